The Morgan fingerprint density at radius 2 is 1.81 bits per heavy atom. The number of guanidine groups is 1. The van der Waals surface area contributed by atoms with E-state index in [1.54, 1.807) is 0 Å². The molecule has 0 bridgehead atoms. The van der Waals surface area contributed by atoms with E-state index in [-0.39, 0.29) is 0 Å². The second-order valence-electron chi connectivity index (χ2n) is 7.62. The summed E-state index contributed by atoms with van der Waals surface area (Å²) in [5.74, 6) is 1.75. The van der Waals surface area contributed by atoms with Crippen molar-refractivity contribution >= 4 is 23.7 Å². The number of piperazine rings is 1. The summed E-state index contributed by atoms with van der Waals surface area (Å²) in [6.07, 6.45) is 4.72. The summed E-state index contributed by atoms with van der Waals surface area (Å²) in [4.78, 5) is 19.6. The number of thioether (sulfide) groups is 1. The van der Waals surface area contributed by atoms with Gasteiger partial charge in [-0.1, -0.05) is 25.1 Å². The maximum absolute atomic E-state index is 4.78. The lowest BCUT2D eigenvalue weighted by atomic mass is 10.3. The van der Waals surface area contributed by atoms with Gasteiger partial charge in [-0.25, -0.2) is 9.97 Å². The molecule has 7 nitrogen and oxygen atoms in total. The predicted molar refractivity (Wildman–Crippen MR) is 131 cm³/mol. The van der Waals surface area contributed by atoms with Crippen molar-refractivity contribution in [3.63, 3.8) is 0 Å². The van der Waals surface area contributed by atoms with Crippen molar-refractivity contribution in [2.45, 2.75) is 30.4 Å². The lowest BCUT2D eigenvalue weighted by Crippen LogP contribution is -2.47. The average Bonchev–Trinajstić information content (AvgIpc) is 2.82. The number of hydrogen-bond acceptors (Lipinski definition) is 6. The summed E-state index contributed by atoms with van der Waals surface area (Å²) in [6.45, 7) is 12.1. The first-order chi connectivity index (χ1) is 15.2. The zero-order chi connectivity index (χ0) is 21.7. The highest BCUT2D eigenvalue weighted by Crippen LogP contribution is 2.22. The van der Waals surface area contributed by atoms with Crippen LogP contribution in [0.3, 0.4) is 0 Å². The average molecular weight is 442 g/mol. The fourth-order valence-electron chi connectivity index (χ4n) is 3.47. The van der Waals surface area contributed by atoms with Crippen LogP contribution in [-0.4, -0.2) is 78.4 Å². The summed E-state index contributed by atoms with van der Waals surface area (Å²) < 4.78 is 0. The Morgan fingerprint density at radius 1 is 1.06 bits per heavy atom. The smallest absolute Gasteiger partial charge is 0.225 e. The van der Waals surface area contributed by atoms with Gasteiger partial charge in [0.1, 0.15) is 0 Å². The van der Waals surface area contributed by atoms with E-state index >= 15 is 0 Å². The van der Waals surface area contributed by atoms with Gasteiger partial charge in [-0.15, -0.1) is 11.8 Å². The number of aliphatic imine (C=N–C) groups is 1. The van der Waals surface area contributed by atoms with Crippen LogP contribution in [0.2, 0.25) is 0 Å². The quantitative estimate of drug-likeness (QED) is 0.254. The molecule has 8 heteroatoms. The number of benzene rings is 1. The second-order valence-corrected chi connectivity index (χ2v) is 9.13. The Labute approximate surface area is 190 Å². The first kappa shape index (κ1) is 23.3. The van der Waals surface area contributed by atoms with Crippen LogP contribution in [0.15, 0.2) is 58.7 Å². The minimum absolute atomic E-state index is 0.433. The van der Waals surface area contributed by atoms with Crippen molar-refractivity contribution in [2.75, 3.05) is 57.3 Å². The predicted octanol–water partition coefficient (Wildman–Crippen LogP) is 2.72. The van der Waals surface area contributed by atoms with Crippen molar-refractivity contribution in [3.8, 4) is 0 Å². The molecular weight excluding hydrogens is 406 g/mol. The molecule has 0 saturated carbocycles. The number of nitrogens with one attached hydrogen (secondary N) is 2. The van der Waals surface area contributed by atoms with Gasteiger partial charge in [0, 0.05) is 61.8 Å². The van der Waals surface area contributed by atoms with Crippen LogP contribution in [0, 0.1) is 0 Å². The summed E-state index contributed by atoms with van der Waals surface area (Å²) in [5.41, 5.74) is 0. The maximum Gasteiger partial charge on any atom is 0.225 e. The Balaban J connectivity index is 1.33. The third-order valence-electron chi connectivity index (χ3n) is 5.08. The van der Waals surface area contributed by atoms with Gasteiger partial charge in [0.25, 0.3) is 0 Å². The number of hydrogen-bond donors (Lipinski definition) is 2. The summed E-state index contributed by atoms with van der Waals surface area (Å²) in [7, 11) is 0. The standard InChI is InChI=1S/C23H35N7S/c1-3-24-22(28-19-20(2)31-21-9-5-4-6-10-21)25-13-8-14-29-15-17-30(18-16-29)23-26-11-7-12-27-23/h4-7,9-12,20H,3,8,13-19H2,1-2H3,(H2,24,25,28). The van der Waals surface area contributed by atoms with Crippen molar-refractivity contribution < 1.29 is 0 Å². The van der Waals surface area contributed by atoms with Gasteiger partial charge in [-0.05, 0) is 38.1 Å². The summed E-state index contributed by atoms with van der Waals surface area (Å²) >= 11 is 1.87. The van der Waals surface area contributed by atoms with Crippen molar-refractivity contribution in [3.05, 3.63) is 48.8 Å². The molecule has 1 atom stereocenters. The molecular formula is C23H35N7S. The van der Waals surface area contributed by atoms with Crippen LogP contribution < -0.4 is 15.5 Å². The van der Waals surface area contributed by atoms with Crippen molar-refractivity contribution in [1.29, 1.82) is 0 Å². The molecule has 2 aromatic rings. The molecule has 0 aliphatic carbocycles. The minimum atomic E-state index is 0.433. The first-order valence-corrected chi connectivity index (χ1v) is 12.1. The fourth-order valence-corrected chi connectivity index (χ4v) is 4.39. The molecule has 0 radical (unpaired) electrons. The molecule has 3 rings (SSSR count). The number of aromatic nitrogens is 2. The van der Waals surface area contributed by atoms with E-state index in [0.717, 1.165) is 70.7 Å². The molecule has 0 amide bonds. The third kappa shape index (κ3) is 8.38. The molecule has 1 fully saturated rings. The molecule has 1 aliphatic rings. The monoisotopic (exact) mass is 441 g/mol. The van der Waals surface area contributed by atoms with Crippen LogP contribution in [-0.2, 0) is 0 Å². The van der Waals surface area contributed by atoms with E-state index in [4.69, 9.17) is 4.99 Å². The van der Waals surface area contributed by atoms with E-state index in [1.807, 2.05) is 30.2 Å². The van der Waals surface area contributed by atoms with Gasteiger partial charge in [-0.3, -0.25) is 9.89 Å². The van der Waals surface area contributed by atoms with Crippen molar-refractivity contribution in [2.24, 2.45) is 4.99 Å². The third-order valence-corrected chi connectivity index (χ3v) is 6.18. The first-order valence-electron chi connectivity index (χ1n) is 11.2. The van der Waals surface area contributed by atoms with Gasteiger partial charge < -0.3 is 15.5 Å². The normalized spacial score (nSPS) is 16.2. The molecule has 1 saturated heterocycles. The van der Waals surface area contributed by atoms with Crippen LogP contribution in [0.5, 0.6) is 0 Å². The van der Waals surface area contributed by atoms with Crippen molar-refractivity contribution in [1.82, 2.24) is 25.5 Å². The molecule has 1 aromatic carbocycles. The van der Waals surface area contributed by atoms with Gasteiger partial charge in [0.2, 0.25) is 5.95 Å². The molecule has 0 spiro atoms. The minimum Gasteiger partial charge on any atom is -0.357 e. The molecule has 1 aliphatic heterocycles. The Kier molecular flexibility index (Phi) is 9.92. The van der Waals surface area contributed by atoms with Gasteiger partial charge in [0.15, 0.2) is 5.96 Å². The molecule has 1 aromatic heterocycles. The number of anilines is 1. The Morgan fingerprint density at radius 3 is 2.52 bits per heavy atom. The van der Waals surface area contributed by atoms with Gasteiger partial charge in [-0.2, -0.15) is 0 Å². The summed E-state index contributed by atoms with van der Waals surface area (Å²) in [6, 6.07) is 12.4. The summed E-state index contributed by atoms with van der Waals surface area (Å²) in [5, 5.41) is 7.28. The second kappa shape index (κ2) is 13.2. The van der Waals surface area contributed by atoms with E-state index in [9.17, 15) is 0 Å². The largest absolute Gasteiger partial charge is 0.357 e. The molecule has 2 N–H and O–H groups in total. The van der Waals surface area contributed by atoms with E-state index in [2.05, 4.69) is 74.6 Å². The zero-order valence-corrected chi connectivity index (χ0v) is 19.5. The van der Waals surface area contributed by atoms with Crippen LogP contribution in [0.25, 0.3) is 0 Å². The highest BCUT2D eigenvalue weighted by molar-refractivity contribution is 8.00. The molecule has 1 unspecified atom stereocenters. The van der Waals surface area contributed by atoms with E-state index < -0.39 is 0 Å². The fraction of sp³-hybridized carbons (Fsp3) is 0.522. The number of rotatable bonds is 10. The van der Waals surface area contributed by atoms with Gasteiger partial charge in [0.05, 0.1) is 6.54 Å². The van der Waals surface area contributed by atoms with E-state index in [1.165, 1.54) is 4.90 Å². The Bertz CT molecular complexity index is 764. The highest BCUT2D eigenvalue weighted by Gasteiger charge is 2.18. The number of nitrogens with zero attached hydrogens (tertiary/aromatic N) is 5. The van der Waals surface area contributed by atoms with Crippen LogP contribution in [0.4, 0.5) is 5.95 Å². The molecule has 168 valence electrons. The molecule has 2 heterocycles. The van der Waals surface area contributed by atoms with Crippen LogP contribution in [0.1, 0.15) is 20.3 Å². The highest BCUT2D eigenvalue weighted by atomic mass is 32.2. The maximum atomic E-state index is 4.78. The van der Waals surface area contributed by atoms with E-state index in [0.29, 0.717) is 5.25 Å². The lowest BCUT2D eigenvalue weighted by Gasteiger charge is -2.34. The lowest BCUT2D eigenvalue weighted by molar-refractivity contribution is 0.254. The topological polar surface area (TPSA) is 68.7 Å². The SMILES string of the molecule is CCNC(=NCC(C)Sc1ccccc1)NCCCN1CCN(c2ncccn2)CC1. The molecule has 31 heavy (non-hydrogen) atoms. The zero-order valence-electron chi connectivity index (χ0n) is 18.7. The van der Waals surface area contributed by atoms with Gasteiger partial charge >= 0.3 is 0 Å². The van der Waals surface area contributed by atoms with Crippen LogP contribution >= 0.6 is 11.8 Å². The Hall–Kier alpha value is -2.32.